The molecular weight excluding hydrogens is 393 g/mol. The van der Waals surface area contributed by atoms with Gasteiger partial charge in [-0.2, -0.15) is 20.8 Å². The maximum atomic E-state index is 13.1. The molecule has 2 heterocycles. The second-order valence-corrected chi connectivity index (χ2v) is 11.4. The van der Waals surface area contributed by atoms with Crippen LogP contribution in [0.2, 0.25) is 0 Å². The average Bonchev–Trinajstić information content (AvgIpc) is 3.23. The van der Waals surface area contributed by atoms with E-state index in [0.29, 0.717) is 17.2 Å². The maximum absolute atomic E-state index is 13.1. The highest BCUT2D eigenvalue weighted by Gasteiger charge is 2.39. The van der Waals surface area contributed by atoms with Crippen molar-refractivity contribution in [3.63, 3.8) is 0 Å². The molecule has 0 saturated carbocycles. The zero-order valence-electron chi connectivity index (χ0n) is 17.6. The monoisotopic (exact) mass is 421 g/mol. The van der Waals surface area contributed by atoms with Crippen LogP contribution in [0, 0.1) is 5.82 Å². The van der Waals surface area contributed by atoms with E-state index >= 15 is 0 Å². The Bertz CT molecular complexity index is 1000. The van der Waals surface area contributed by atoms with Crippen molar-refractivity contribution >= 4 is 10.6 Å². The molecule has 0 aliphatic heterocycles. The number of halogens is 1. The van der Waals surface area contributed by atoms with Gasteiger partial charge in [0.15, 0.2) is 5.82 Å². The molecule has 1 aromatic carbocycles. The summed E-state index contributed by atoms with van der Waals surface area (Å²) >= 11 is 0. The van der Waals surface area contributed by atoms with Gasteiger partial charge < -0.3 is 0 Å². The SMILES string of the molecule is Cn1nc(C(C)(C)C)cc1-c1n[nH]c(C(C)(C)S(O)(O)Cc2ccc(F)cc2)n1. The highest BCUT2D eigenvalue weighted by Crippen LogP contribution is 2.59. The van der Waals surface area contributed by atoms with E-state index in [4.69, 9.17) is 0 Å². The maximum Gasteiger partial charge on any atom is 0.199 e. The van der Waals surface area contributed by atoms with E-state index in [0.717, 1.165) is 11.4 Å². The number of benzene rings is 1. The Morgan fingerprint density at radius 1 is 1.10 bits per heavy atom. The third kappa shape index (κ3) is 4.22. The standard InChI is InChI=1S/C20H28FN5O2S/c1-19(2,3)16-11-15(26(6)25-16)17-22-18(24-23-17)20(4,5)29(27,28)12-13-7-9-14(21)10-8-13/h7-11,27-28H,12H2,1-6H3,(H,22,23,24). The summed E-state index contributed by atoms with van der Waals surface area (Å²) < 4.78 is 35.6. The van der Waals surface area contributed by atoms with Gasteiger partial charge >= 0.3 is 0 Å². The van der Waals surface area contributed by atoms with Crippen LogP contribution in [0.5, 0.6) is 0 Å². The van der Waals surface area contributed by atoms with E-state index in [1.54, 1.807) is 30.7 Å². The Morgan fingerprint density at radius 2 is 1.72 bits per heavy atom. The minimum absolute atomic E-state index is 0.00377. The zero-order chi connectivity index (χ0) is 21.6. The summed E-state index contributed by atoms with van der Waals surface area (Å²) in [6, 6.07) is 7.65. The number of aromatic amines is 1. The van der Waals surface area contributed by atoms with Crippen LogP contribution in [-0.2, 0) is 23.0 Å². The number of nitrogens with zero attached hydrogens (tertiary/aromatic N) is 4. The number of nitrogens with one attached hydrogen (secondary N) is 1. The molecule has 0 saturated heterocycles. The molecule has 2 aromatic heterocycles. The lowest BCUT2D eigenvalue weighted by Gasteiger charge is -2.45. The highest BCUT2D eigenvalue weighted by atomic mass is 32.3. The van der Waals surface area contributed by atoms with Crippen LogP contribution in [0.25, 0.3) is 11.5 Å². The third-order valence-corrected chi connectivity index (χ3v) is 7.60. The Hall–Kier alpha value is -2.23. The third-order valence-electron chi connectivity index (χ3n) is 5.03. The van der Waals surface area contributed by atoms with Gasteiger partial charge in [-0.15, -0.1) is 0 Å². The smallest absolute Gasteiger partial charge is 0.199 e. The minimum atomic E-state index is -3.15. The number of rotatable bonds is 5. The number of H-pyrrole nitrogens is 1. The molecule has 3 N–H and O–H groups in total. The second-order valence-electron chi connectivity index (χ2n) is 8.74. The summed E-state index contributed by atoms with van der Waals surface area (Å²) in [5.41, 5.74) is 2.18. The molecule has 0 unspecified atom stereocenters. The molecule has 0 bridgehead atoms. The molecule has 0 atom stereocenters. The van der Waals surface area contributed by atoms with Crippen LogP contribution in [-0.4, -0.2) is 34.1 Å². The van der Waals surface area contributed by atoms with Crippen LogP contribution in [0.1, 0.15) is 51.7 Å². The Balaban J connectivity index is 1.90. The average molecular weight is 422 g/mol. The first kappa shape index (κ1) is 21.5. The van der Waals surface area contributed by atoms with Gasteiger partial charge in [0, 0.05) is 12.5 Å². The van der Waals surface area contributed by atoms with Crippen molar-refractivity contribution in [1.29, 1.82) is 0 Å². The highest BCUT2D eigenvalue weighted by molar-refractivity contribution is 8.24. The Kier molecular flexibility index (Phi) is 5.35. The fourth-order valence-electron chi connectivity index (χ4n) is 2.84. The molecule has 0 aliphatic carbocycles. The van der Waals surface area contributed by atoms with Crippen molar-refractivity contribution in [2.45, 2.75) is 50.5 Å². The quantitative estimate of drug-likeness (QED) is 0.548. The first-order valence-corrected chi connectivity index (χ1v) is 11.0. The molecule has 7 nitrogen and oxygen atoms in total. The largest absolute Gasteiger partial charge is 0.298 e. The first-order valence-electron chi connectivity index (χ1n) is 9.29. The van der Waals surface area contributed by atoms with Crippen LogP contribution in [0.3, 0.4) is 0 Å². The van der Waals surface area contributed by atoms with Gasteiger partial charge in [-0.05, 0) is 37.6 Å². The molecular formula is C20H28FN5O2S. The predicted molar refractivity (Wildman–Crippen MR) is 113 cm³/mol. The van der Waals surface area contributed by atoms with Crippen molar-refractivity contribution in [3.05, 3.63) is 53.2 Å². The van der Waals surface area contributed by atoms with Crippen molar-refractivity contribution in [3.8, 4) is 11.5 Å². The van der Waals surface area contributed by atoms with Gasteiger partial charge in [0.1, 0.15) is 22.1 Å². The number of aryl methyl sites for hydroxylation is 1. The van der Waals surface area contributed by atoms with Gasteiger partial charge in [0.05, 0.1) is 11.4 Å². The molecule has 9 heteroatoms. The summed E-state index contributed by atoms with van der Waals surface area (Å²) in [4.78, 5) is 4.54. The van der Waals surface area contributed by atoms with E-state index in [1.165, 1.54) is 12.1 Å². The van der Waals surface area contributed by atoms with Crippen molar-refractivity contribution in [1.82, 2.24) is 25.0 Å². The fraction of sp³-hybridized carbons (Fsp3) is 0.450. The number of aromatic nitrogens is 5. The normalized spacial score (nSPS) is 13.7. The van der Waals surface area contributed by atoms with Crippen LogP contribution < -0.4 is 0 Å². The van der Waals surface area contributed by atoms with Crippen molar-refractivity contribution in [2.24, 2.45) is 7.05 Å². The molecule has 0 amide bonds. The summed E-state index contributed by atoms with van der Waals surface area (Å²) in [6.45, 7) is 9.66. The molecule has 0 radical (unpaired) electrons. The van der Waals surface area contributed by atoms with Crippen LogP contribution >= 0.6 is 10.6 Å². The lowest BCUT2D eigenvalue weighted by Crippen LogP contribution is -2.28. The summed E-state index contributed by atoms with van der Waals surface area (Å²) in [5.74, 6) is 0.440. The van der Waals surface area contributed by atoms with Gasteiger partial charge in [0.25, 0.3) is 0 Å². The molecule has 3 aromatic rings. The first-order chi connectivity index (χ1) is 13.3. The minimum Gasteiger partial charge on any atom is -0.298 e. The van der Waals surface area contributed by atoms with Gasteiger partial charge in [0.2, 0.25) is 0 Å². The molecule has 0 spiro atoms. The van der Waals surface area contributed by atoms with E-state index in [2.05, 4.69) is 41.1 Å². The summed E-state index contributed by atoms with van der Waals surface area (Å²) in [7, 11) is -1.33. The van der Waals surface area contributed by atoms with Crippen LogP contribution in [0.15, 0.2) is 30.3 Å². The van der Waals surface area contributed by atoms with Crippen molar-refractivity contribution in [2.75, 3.05) is 0 Å². The summed E-state index contributed by atoms with van der Waals surface area (Å²) in [5, 5.41) is 11.7. The number of hydrogen-bond donors (Lipinski definition) is 3. The Morgan fingerprint density at radius 3 is 2.28 bits per heavy atom. The zero-order valence-corrected chi connectivity index (χ0v) is 18.4. The Labute approximate surface area is 171 Å². The molecule has 29 heavy (non-hydrogen) atoms. The molecule has 0 aliphatic rings. The van der Waals surface area contributed by atoms with E-state index < -0.39 is 15.3 Å². The van der Waals surface area contributed by atoms with E-state index in [-0.39, 0.29) is 17.0 Å². The van der Waals surface area contributed by atoms with Crippen LogP contribution in [0.4, 0.5) is 4.39 Å². The van der Waals surface area contributed by atoms with Gasteiger partial charge in [-0.3, -0.25) is 18.9 Å². The molecule has 158 valence electrons. The summed E-state index contributed by atoms with van der Waals surface area (Å²) in [6.07, 6.45) is 0. The topological polar surface area (TPSA) is 99.9 Å². The van der Waals surface area contributed by atoms with E-state index in [1.807, 2.05) is 13.1 Å². The predicted octanol–water partition coefficient (Wildman–Crippen LogP) is 4.83. The van der Waals surface area contributed by atoms with Crippen molar-refractivity contribution < 1.29 is 13.5 Å². The lowest BCUT2D eigenvalue weighted by molar-refractivity contribution is 0.437. The fourth-order valence-corrected chi connectivity index (χ4v) is 4.26. The van der Waals surface area contributed by atoms with Gasteiger partial charge in [-0.1, -0.05) is 32.9 Å². The lowest BCUT2D eigenvalue weighted by atomic mass is 9.92. The molecule has 0 fully saturated rings. The second kappa shape index (κ2) is 7.23. The number of hydrogen-bond acceptors (Lipinski definition) is 5. The van der Waals surface area contributed by atoms with Gasteiger partial charge in [-0.25, -0.2) is 9.37 Å². The van der Waals surface area contributed by atoms with E-state index in [9.17, 15) is 13.5 Å². The molecule has 3 rings (SSSR count).